The van der Waals surface area contributed by atoms with Gasteiger partial charge in [-0.2, -0.15) is 0 Å². The molecule has 0 saturated carbocycles. The van der Waals surface area contributed by atoms with Crippen LogP contribution in [0.2, 0.25) is 0 Å². The summed E-state index contributed by atoms with van der Waals surface area (Å²) in [5, 5.41) is 3.01. The Hall–Kier alpha value is -1.55. The van der Waals surface area contributed by atoms with Crippen LogP contribution in [0, 0.1) is 6.92 Å². The molecule has 0 aromatic heterocycles. The number of rotatable bonds is 4. The van der Waals surface area contributed by atoms with Crippen molar-refractivity contribution in [2.24, 2.45) is 0 Å². The summed E-state index contributed by atoms with van der Waals surface area (Å²) >= 11 is 0. The third-order valence-corrected chi connectivity index (χ3v) is 4.45. The van der Waals surface area contributed by atoms with E-state index in [-0.39, 0.29) is 12.1 Å². The molecular weight excluding hydrogens is 264 g/mol. The molecule has 1 heterocycles. The van der Waals surface area contributed by atoms with Gasteiger partial charge in [0.1, 0.15) is 5.72 Å². The summed E-state index contributed by atoms with van der Waals surface area (Å²) in [7, 11) is 0. The second-order valence-electron chi connectivity index (χ2n) is 5.69. The first-order valence-corrected chi connectivity index (χ1v) is 7.87. The number of nitrogens with zero attached hydrogens (tertiary/aromatic N) is 1. The van der Waals surface area contributed by atoms with E-state index in [1.807, 2.05) is 36.1 Å². The average Bonchev–Trinajstić information content (AvgIpc) is 2.89. The standard InChI is InChI=1S/C17H26N2O2/c1-5-15-12-21-17(6-2,7-3)19(15)16(20)18-14-10-8-13(4)9-11-14/h8-11,15H,5-7,12H2,1-4H3,(H,18,20). The number of hydrogen-bond donors (Lipinski definition) is 1. The number of aryl methyl sites for hydroxylation is 1. The summed E-state index contributed by atoms with van der Waals surface area (Å²) in [6.07, 6.45) is 2.52. The third kappa shape index (κ3) is 3.05. The van der Waals surface area contributed by atoms with Gasteiger partial charge in [-0.05, 0) is 38.3 Å². The van der Waals surface area contributed by atoms with Crippen molar-refractivity contribution in [1.29, 1.82) is 0 Å². The third-order valence-electron chi connectivity index (χ3n) is 4.45. The molecule has 1 aromatic rings. The molecule has 0 aliphatic carbocycles. The van der Waals surface area contributed by atoms with Gasteiger partial charge in [-0.25, -0.2) is 4.79 Å². The molecule has 0 spiro atoms. The predicted molar refractivity (Wildman–Crippen MR) is 85.4 cm³/mol. The minimum Gasteiger partial charge on any atom is -0.353 e. The smallest absolute Gasteiger partial charge is 0.324 e. The quantitative estimate of drug-likeness (QED) is 0.905. The second kappa shape index (κ2) is 6.48. The van der Waals surface area contributed by atoms with E-state index in [0.717, 1.165) is 24.9 Å². The van der Waals surface area contributed by atoms with Gasteiger partial charge in [0.05, 0.1) is 12.6 Å². The van der Waals surface area contributed by atoms with Crippen molar-refractivity contribution in [2.75, 3.05) is 11.9 Å². The summed E-state index contributed by atoms with van der Waals surface area (Å²) in [5.74, 6) is 0. The van der Waals surface area contributed by atoms with Crippen molar-refractivity contribution in [3.63, 3.8) is 0 Å². The van der Waals surface area contributed by atoms with Crippen molar-refractivity contribution in [1.82, 2.24) is 4.90 Å². The molecule has 1 fully saturated rings. The van der Waals surface area contributed by atoms with E-state index in [0.29, 0.717) is 6.61 Å². The molecule has 2 amide bonds. The van der Waals surface area contributed by atoms with E-state index in [9.17, 15) is 4.79 Å². The van der Waals surface area contributed by atoms with Gasteiger partial charge < -0.3 is 10.1 Å². The minimum absolute atomic E-state index is 0.0631. The Morgan fingerprint density at radius 2 is 1.90 bits per heavy atom. The van der Waals surface area contributed by atoms with Crippen LogP contribution in [0.5, 0.6) is 0 Å². The Morgan fingerprint density at radius 3 is 2.43 bits per heavy atom. The largest absolute Gasteiger partial charge is 0.353 e. The van der Waals surface area contributed by atoms with E-state index in [2.05, 4.69) is 26.1 Å². The maximum atomic E-state index is 12.7. The lowest BCUT2D eigenvalue weighted by molar-refractivity contribution is -0.0684. The van der Waals surface area contributed by atoms with Crippen LogP contribution < -0.4 is 5.32 Å². The number of benzene rings is 1. The first-order chi connectivity index (χ1) is 10.1. The fourth-order valence-corrected chi connectivity index (χ4v) is 2.99. The van der Waals surface area contributed by atoms with Crippen molar-refractivity contribution in [3.05, 3.63) is 29.8 Å². The Balaban J connectivity index is 2.19. The summed E-state index contributed by atoms with van der Waals surface area (Å²) in [5.41, 5.74) is 1.55. The fraction of sp³-hybridized carbons (Fsp3) is 0.588. The summed E-state index contributed by atoms with van der Waals surface area (Å²) in [4.78, 5) is 14.6. The van der Waals surface area contributed by atoms with Crippen LogP contribution in [-0.4, -0.2) is 29.3 Å². The van der Waals surface area contributed by atoms with Gasteiger partial charge in [0.15, 0.2) is 0 Å². The number of hydrogen-bond acceptors (Lipinski definition) is 2. The number of carbonyl (C=O) groups excluding carboxylic acids is 1. The first kappa shape index (κ1) is 15.8. The summed E-state index contributed by atoms with van der Waals surface area (Å²) in [6.45, 7) is 8.91. The van der Waals surface area contributed by atoms with Crippen LogP contribution in [0.25, 0.3) is 0 Å². The zero-order valence-corrected chi connectivity index (χ0v) is 13.5. The van der Waals surface area contributed by atoms with Crippen LogP contribution in [-0.2, 0) is 4.74 Å². The minimum atomic E-state index is -0.463. The second-order valence-corrected chi connectivity index (χ2v) is 5.69. The zero-order chi connectivity index (χ0) is 15.5. The zero-order valence-electron chi connectivity index (χ0n) is 13.5. The van der Waals surface area contributed by atoms with Gasteiger partial charge in [-0.15, -0.1) is 0 Å². The van der Waals surface area contributed by atoms with Gasteiger partial charge in [-0.3, -0.25) is 4.90 Å². The molecule has 4 nitrogen and oxygen atoms in total. The van der Waals surface area contributed by atoms with Crippen molar-refractivity contribution in [2.45, 2.75) is 58.7 Å². The lowest BCUT2D eigenvalue weighted by Gasteiger charge is -2.38. The van der Waals surface area contributed by atoms with Gasteiger partial charge in [0.25, 0.3) is 0 Å². The van der Waals surface area contributed by atoms with Gasteiger partial charge in [-0.1, -0.05) is 38.5 Å². The molecule has 0 radical (unpaired) electrons. The molecule has 1 saturated heterocycles. The monoisotopic (exact) mass is 290 g/mol. The van der Waals surface area contributed by atoms with Crippen LogP contribution >= 0.6 is 0 Å². The lowest BCUT2D eigenvalue weighted by Crippen LogP contribution is -2.52. The maximum Gasteiger partial charge on any atom is 0.324 e. The number of amides is 2. The predicted octanol–water partition coefficient (Wildman–Crippen LogP) is 4.15. The van der Waals surface area contributed by atoms with Crippen molar-refractivity contribution < 1.29 is 9.53 Å². The number of ether oxygens (including phenoxy) is 1. The van der Waals surface area contributed by atoms with Gasteiger partial charge >= 0.3 is 6.03 Å². The van der Waals surface area contributed by atoms with E-state index >= 15 is 0 Å². The van der Waals surface area contributed by atoms with E-state index < -0.39 is 5.72 Å². The van der Waals surface area contributed by atoms with Crippen LogP contribution in [0.1, 0.15) is 45.6 Å². The molecule has 1 unspecified atom stereocenters. The Bertz CT molecular complexity index is 480. The topological polar surface area (TPSA) is 41.6 Å². The lowest BCUT2D eigenvalue weighted by atomic mass is 10.0. The normalized spacial score (nSPS) is 20.6. The molecule has 1 aromatic carbocycles. The van der Waals surface area contributed by atoms with Gasteiger partial charge in [0.2, 0.25) is 0 Å². The van der Waals surface area contributed by atoms with E-state index in [4.69, 9.17) is 4.74 Å². The first-order valence-electron chi connectivity index (χ1n) is 7.87. The Morgan fingerprint density at radius 1 is 1.29 bits per heavy atom. The molecule has 1 atom stereocenters. The SMILES string of the molecule is CCC1COC(CC)(CC)N1C(=O)Nc1ccc(C)cc1. The molecule has 1 aliphatic rings. The van der Waals surface area contributed by atoms with Crippen molar-refractivity contribution in [3.8, 4) is 0 Å². The fourth-order valence-electron chi connectivity index (χ4n) is 2.99. The number of nitrogens with one attached hydrogen (secondary N) is 1. The molecule has 1 aliphatic heterocycles. The molecule has 116 valence electrons. The summed E-state index contributed by atoms with van der Waals surface area (Å²) < 4.78 is 6.00. The average molecular weight is 290 g/mol. The molecular formula is C17H26N2O2. The van der Waals surface area contributed by atoms with Crippen LogP contribution in [0.3, 0.4) is 0 Å². The molecule has 0 bridgehead atoms. The Kier molecular flexibility index (Phi) is 4.88. The molecule has 4 heteroatoms. The molecule has 1 N–H and O–H groups in total. The molecule has 21 heavy (non-hydrogen) atoms. The van der Waals surface area contributed by atoms with E-state index in [1.165, 1.54) is 5.56 Å². The number of anilines is 1. The highest BCUT2D eigenvalue weighted by Gasteiger charge is 2.47. The van der Waals surface area contributed by atoms with Crippen LogP contribution in [0.4, 0.5) is 10.5 Å². The number of urea groups is 1. The Labute approximate surface area is 127 Å². The van der Waals surface area contributed by atoms with Gasteiger partial charge in [0, 0.05) is 5.69 Å². The highest BCUT2D eigenvalue weighted by atomic mass is 16.5. The maximum absolute atomic E-state index is 12.7. The van der Waals surface area contributed by atoms with E-state index in [1.54, 1.807) is 0 Å². The number of carbonyl (C=O) groups is 1. The summed E-state index contributed by atoms with van der Waals surface area (Å²) in [6, 6.07) is 7.96. The highest BCUT2D eigenvalue weighted by molar-refractivity contribution is 5.90. The van der Waals surface area contributed by atoms with Crippen LogP contribution in [0.15, 0.2) is 24.3 Å². The molecule has 2 rings (SSSR count). The van der Waals surface area contributed by atoms with Crippen molar-refractivity contribution >= 4 is 11.7 Å². The highest BCUT2D eigenvalue weighted by Crippen LogP contribution is 2.35.